The fourth-order valence-corrected chi connectivity index (χ4v) is 3.07. The number of aromatic carboxylic acids is 1. The third-order valence-electron chi connectivity index (χ3n) is 4.65. The molecule has 6 nitrogen and oxygen atoms in total. The zero-order valence-electron chi connectivity index (χ0n) is 13.0. The lowest BCUT2D eigenvalue weighted by atomic mass is 9.64. The average Bonchev–Trinajstić information content (AvgIpc) is 2.69. The monoisotopic (exact) mass is 294 g/mol. The minimum Gasteiger partial charge on any atom is -0.477 e. The van der Waals surface area contributed by atoms with Crippen LogP contribution in [0.5, 0.6) is 0 Å². The summed E-state index contributed by atoms with van der Waals surface area (Å²) in [5, 5.41) is 12.1. The molecular weight excluding hydrogens is 272 g/mol. The number of nitrogens with one attached hydrogen (secondary N) is 2. The highest BCUT2D eigenvalue weighted by Crippen LogP contribution is 2.42. The highest BCUT2D eigenvalue weighted by molar-refractivity contribution is 6.01. The van der Waals surface area contributed by atoms with Gasteiger partial charge in [0, 0.05) is 24.3 Å². The van der Waals surface area contributed by atoms with Gasteiger partial charge < -0.3 is 20.1 Å². The van der Waals surface area contributed by atoms with Crippen LogP contribution in [-0.2, 0) is 4.74 Å². The summed E-state index contributed by atoms with van der Waals surface area (Å²) in [5.74, 6) is -1.29. The second kappa shape index (κ2) is 5.18. The predicted molar refractivity (Wildman–Crippen MR) is 77.7 cm³/mol. The van der Waals surface area contributed by atoms with E-state index in [1.165, 1.54) is 0 Å². The summed E-state index contributed by atoms with van der Waals surface area (Å²) in [6.07, 6.45) is 0.898. The van der Waals surface area contributed by atoms with E-state index in [2.05, 4.69) is 24.1 Å². The molecule has 0 radical (unpaired) electrons. The van der Waals surface area contributed by atoms with Crippen LogP contribution in [0.2, 0.25) is 0 Å². The first kappa shape index (κ1) is 15.6. The summed E-state index contributed by atoms with van der Waals surface area (Å²) < 4.78 is 5.37. The first-order chi connectivity index (χ1) is 9.70. The Labute approximate surface area is 123 Å². The van der Waals surface area contributed by atoms with Crippen molar-refractivity contribution in [1.82, 2.24) is 10.3 Å². The highest BCUT2D eigenvalue weighted by Gasteiger charge is 2.49. The maximum atomic E-state index is 12.4. The van der Waals surface area contributed by atoms with Crippen molar-refractivity contribution in [1.29, 1.82) is 0 Å². The van der Waals surface area contributed by atoms with Gasteiger partial charge in [0.1, 0.15) is 5.69 Å². The van der Waals surface area contributed by atoms with Gasteiger partial charge in [-0.1, -0.05) is 13.8 Å². The quantitative estimate of drug-likeness (QED) is 0.790. The van der Waals surface area contributed by atoms with Crippen molar-refractivity contribution in [2.75, 3.05) is 7.11 Å². The van der Waals surface area contributed by atoms with Gasteiger partial charge in [-0.25, -0.2) is 4.79 Å². The largest absolute Gasteiger partial charge is 0.477 e. The molecule has 1 fully saturated rings. The van der Waals surface area contributed by atoms with E-state index in [0.29, 0.717) is 16.8 Å². The number of carbonyl (C=O) groups is 2. The second-order valence-corrected chi connectivity index (χ2v) is 6.24. The molecular formula is C15H22N2O4. The number of aromatic amines is 1. The Morgan fingerprint density at radius 2 is 2.00 bits per heavy atom. The maximum Gasteiger partial charge on any atom is 0.352 e. The zero-order valence-corrected chi connectivity index (χ0v) is 13.0. The van der Waals surface area contributed by atoms with Crippen molar-refractivity contribution in [2.24, 2.45) is 5.41 Å². The van der Waals surface area contributed by atoms with E-state index in [9.17, 15) is 9.59 Å². The lowest BCUT2D eigenvalue weighted by molar-refractivity contribution is -0.0942. The Balaban J connectivity index is 2.18. The molecule has 1 aromatic heterocycles. The smallest absolute Gasteiger partial charge is 0.352 e. The van der Waals surface area contributed by atoms with Crippen LogP contribution < -0.4 is 5.32 Å². The molecule has 3 N–H and O–H groups in total. The second-order valence-electron chi connectivity index (χ2n) is 6.24. The van der Waals surface area contributed by atoms with Crippen molar-refractivity contribution in [2.45, 2.75) is 46.3 Å². The molecule has 21 heavy (non-hydrogen) atoms. The molecule has 0 bridgehead atoms. The number of carboxylic acid groups (broad SMARTS) is 1. The molecule has 0 spiro atoms. The molecule has 0 aromatic carbocycles. The van der Waals surface area contributed by atoms with Crippen LogP contribution in [0.1, 0.15) is 52.4 Å². The molecule has 6 heteroatoms. The van der Waals surface area contributed by atoms with E-state index in [1.807, 2.05) is 0 Å². The van der Waals surface area contributed by atoms with E-state index in [-0.39, 0.29) is 29.2 Å². The lowest BCUT2D eigenvalue weighted by Crippen LogP contribution is -2.61. The first-order valence-corrected chi connectivity index (χ1v) is 6.96. The average molecular weight is 294 g/mol. The Bertz CT molecular complexity index is 589. The Morgan fingerprint density at radius 1 is 1.38 bits per heavy atom. The Morgan fingerprint density at radius 3 is 2.43 bits per heavy atom. The molecule has 1 amide bonds. The summed E-state index contributed by atoms with van der Waals surface area (Å²) >= 11 is 0. The number of hydrogen-bond donors (Lipinski definition) is 3. The maximum absolute atomic E-state index is 12.4. The van der Waals surface area contributed by atoms with Crippen molar-refractivity contribution < 1.29 is 19.4 Å². The molecule has 1 aliphatic carbocycles. The Kier molecular flexibility index (Phi) is 3.84. The van der Waals surface area contributed by atoms with Crippen LogP contribution in [0.15, 0.2) is 0 Å². The number of hydrogen-bond acceptors (Lipinski definition) is 3. The normalized spacial score (nSPS) is 23.5. The molecule has 2 unspecified atom stereocenters. The summed E-state index contributed by atoms with van der Waals surface area (Å²) in [4.78, 5) is 26.3. The Hall–Kier alpha value is -1.82. The fourth-order valence-electron chi connectivity index (χ4n) is 3.07. The molecule has 1 aromatic rings. The number of rotatable bonds is 4. The van der Waals surface area contributed by atoms with Gasteiger partial charge in [0.15, 0.2) is 0 Å². The summed E-state index contributed by atoms with van der Waals surface area (Å²) in [5.41, 5.74) is 1.41. The predicted octanol–water partition coefficient (Wildman–Crippen LogP) is 1.87. The van der Waals surface area contributed by atoms with Crippen LogP contribution in [0.3, 0.4) is 0 Å². The summed E-state index contributed by atoms with van der Waals surface area (Å²) in [6.45, 7) is 7.45. The standard InChI is InChI=1S/C15H22N2O4/c1-7-11(8(2)16-12(7)14(19)20)13(18)17-9-6-10(21-5)15(9,3)4/h9-10,16H,6H2,1-5H3,(H,17,18)(H,19,20). The minimum atomic E-state index is -1.06. The number of carboxylic acids is 1. The zero-order chi connectivity index (χ0) is 15.9. The van der Waals surface area contributed by atoms with Crippen LogP contribution in [0.4, 0.5) is 0 Å². The molecule has 2 rings (SSSR count). The van der Waals surface area contributed by atoms with Crippen LogP contribution in [0, 0.1) is 19.3 Å². The van der Waals surface area contributed by atoms with Crippen molar-refractivity contribution in [3.63, 3.8) is 0 Å². The highest BCUT2D eigenvalue weighted by atomic mass is 16.5. The van der Waals surface area contributed by atoms with E-state index in [0.717, 1.165) is 6.42 Å². The van der Waals surface area contributed by atoms with Gasteiger partial charge in [0.25, 0.3) is 5.91 Å². The molecule has 2 atom stereocenters. The summed E-state index contributed by atoms with van der Waals surface area (Å²) in [7, 11) is 1.67. The lowest BCUT2D eigenvalue weighted by Gasteiger charge is -2.51. The van der Waals surface area contributed by atoms with E-state index >= 15 is 0 Å². The number of carbonyl (C=O) groups excluding carboxylic acids is 1. The van der Waals surface area contributed by atoms with Gasteiger partial charge in [-0.2, -0.15) is 0 Å². The van der Waals surface area contributed by atoms with Gasteiger partial charge in [-0.05, 0) is 25.8 Å². The van der Waals surface area contributed by atoms with Gasteiger partial charge in [-0.15, -0.1) is 0 Å². The number of aromatic nitrogens is 1. The van der Waals surface area contributed by atoms with E-state index in [1.54, 1.807) is 21.0 Å². The number of methoxy groups -OCH3 is 1. The number of amides is 1. The molecule has 0 saturated heterocycles. The van der Waals surface area contributed by atoms with Crippen molar-refractivity contribution in [3.8, 4) is 0 Å². The molecule has 116 valence electrons. The first-order valence-electron chi connectivity index (χ1n) is 6.96. The van der Waals surface area contributed by atoms with Crippen LogP contribution >= 0.6 is 0 Å². The summed E-state index contributed by atoms with van der Waals surface area (Å²) in [6, 6.07) is 0.0249. The van der Waals surface area contributed by atoms with Crippen LogP contribution in [0.25, 0.3) is 0 Å². The minimum absolute atomic E-state index is 0.0249. The fraction of sp³-hybridized carbons (Fsp3) is 0.600. The number of aryl methyl sites for hydroxylation is 1. The van der Waals surface area contributed by atoms with Crippen LogP contribution in [-0.4, -0.2) is 41.2 Å². The topological polar surface area (TPSA) is 91.4 Å². The molecule has 1 heterocycles. The molecule has 1 aliphatic rings. The SMILES string of the molecule is COC1CC(NC(=O)c2c(C)[nH]c(C(=O)O)c2C)C1(C)C. The van der Waals surface area contributed by atoms with Gasteiger partial charge in [-0.3, -0.25) is 4.79 Å². The van der Waals surface area contributed by atoms with Gasteiger partial charge in [0.2, 0.25) is 0 Å². The van der Waals surface area contributed by atoms with Gasteiger partial charge >= 0.3 is 5.97 Å². The van der Waals surface area contributed by atoms with E-state index in [4.69, 9.17) is 9.84 Å². The van der Waals surface area contributed by atoms with Crippen molar-refractivity contribution in [3.05, 3.63) is 22.5 Å². The third-order valence-corrected chi connectivity index (χ3v) is 4.65. The number of H-pyrrole nitrogens is 1. The third kappa shape index (κ3) is 2.44. The van der Waals surface area contributed by atoms with Gasteiger partial charge in [0.05, 0.1) is 11.7 Å². The molecule has 1 saturated carbocycles. The number of ether oxygens (including phenoxy) is 1. The molecule has 0 aliphatic heterocycles. The van der Waals surface area contributed by atoms with Crippen molar-refractivity contribution >= 4 is 11.9 Å². The van der Waals surface area contributed by atoms with E-state index < -0.39 is 5.97 Å².